The highest BCUT2D eigenvalue weighted by atomic mass is 31.1. The van der Waals surface area contributed by atoms with Crippen molar-refractivity contribution in [2.24, 2.45) is 23.2 Å². The quantitative estimate of drug-likeness (QED) is 0.472. The molecule has 168 valence electrons. The molecular weight excluding hydrogens is 414 g/mol. The number of benzene rings is 1. The number of hydrogen-bond acceptors (Lipinski definition) is 2. The molecule has 4 bridgehead atoms. The van der Waals surface area contributed by atoms with E-state index in [9.17, 15) is 0 Å². The summed E-state index contributed by atoms with van der Waals surface area (Å²) in [5, 5.41) is 0.426. The first-order chi connectivity index (χ1) is 14.5. The van der Waals surface area contributed by atoms with Crippen LogP contribution >= 0.6 is 16.5 Å². The largest absolute Gasteiger partial charge is 0.244 e. The number of aromatic nitrogens is 2. The van der Waals surface area contributed by atoms with Crippen LogP contribution in [0.4, 0.5) is 0 Å². The summed E-state index contributed by atoms with van der Waals surface area (Å²) < 4.78 is 0. The fourth-order valence-corrected chi connectivity index (χ4v) is 13.4. The Labute approximate surface area is 192 Å². The van der Waals surface area contributed by atoms with E-state index in [1.165, 1.54) is 55.6 Å². The maximum atomic E-state index is 5.35. The van der Waals surface area contributed by atoms with Crippen molar-refractivity contribution < 1.29 is 0 Å². The van der Waals surface area contributed by atoms with Crippen molar-refractivity contribution in [3.63, 3.8) is 0 Å². The second-order valence-electron chi connectivity index (χ2n) is 12.8. The number of hydrogen-bond donors (Lipinski definition) is 0. The Kier molecular flexibility index (Phi) is 5.55. The maximum Gasteiger partial charge on any atom is 0.0904 e. The minimum atomic E-state index is -0.443. The van der Waals surface area contributed by atoms with Crippen LogP contribution in [0.15, 0.2) is 24.3 Å². The normalized spacial score (nSPS) is 30.9. The van der Waals surface area contributed by atoms with Gasteiger partial charge in [0.05, 0.1) is 21.9 Å². The van der Waals surface area contributed by atoms with Gasteiger partial charge < -0.3 is 0 Å². The van der Waals surface area contributed by atoms with Gasteiger partial charge in [-0.3, -0.25) is 0 Å². The summed E-state index contributed by atoms with van der Waals surface area (Å²) in [6.07, 6.45) is 10.4. The van der Waals surface area contributed by atoms with E-state index in [0.29, 0.717) is 5.41 Å². The molecule has 1 unspecified atom stereocenters. The van der Waals surface area contributed by atoms with Crippen LogP contribution < -0.4 is 10.9 Å². The summed E-state index contributed by atoms with van der Waals surface area (Å²) in [6.45, 7) is 14.5. The Bertz CT molecular complexity index is 920. The van der Waals surface area contributed by atoms with Crippen molar-refractivity contribution in [1.29, 1.82) is 0 Å². The minimum absolute atomic E-state index is 0.213. The molecule has 0 aliphatic heterocycles. The zero-order valence-electron chi connectivity index (χ0n) is 20.3. The molecule has 1 aromatic heterocycles. The van der Waals surface area contributed by atoms with Crippen LogP contribution in [0.5, 0.6) is 0 Å². The van der Waals surface area contributed by atoms with Gasteiger partial charge >= 0.3 is 0 Å². The van der Waals surface area contributed by atoms with Gasteiger partial charge in [-0.2, -0.15) is 0 Å². The molecular formula is C27H40N2P2. The van der Waals surface area contributed by atoms with Crippen molar-refractivity contribution in [2.75, 3.05) is 6.16 Å². The summed E-state index contributed by atoms with van der Waals surface area (Å²) in [5.41, 5.74) is 5.45. The summed E-state index contributed by atoms with van der Waals surface area (Å²) in [5.74, 6) is 3.08. The number of fused-ring (bicyclic) bond motifs is 1. The predicted octanol–water partition coefficient (Wildman–Crippen LogP) is 6.85. The molecule has 31 heavy (non-hydrogen) atoms. The fraction of sp³-hybridized carbons (Fsp3) is 0.704. The van der Waals surface area contributed by atoms with Gasteiger partial charge in [-0.1, -0.05) is 62.3 Å². The molecule has 4 aliphatic carbocycles. The van der Waals surface area contributed by atoms with E-state index < -0.39 is 7.92 Å². The zero-order valence-corrected chi connectivity index (χ0v) is 22.2. The number of para-hydroxylation sites is 2. The van der Waals surface area contributed by atoms with Crippen LogP contribution in [0.1, 0.15) is 80.1 Å². The van der Waals surface area contributed by atoms with Gasteiger partial charge in [0, 0.05) is 0 Å². The molecule has 0 saturated heterocycles. The van der Waals surface area contributed by atoms with E-state index >= 15 is 0 Å². The lowest BCUT2D eigenvalue weighted by molar-refractivity contribution is -0.0384. The molecule has 1 atom stereocenters. The first-order valence-corrected chi connectivity index (χ1v) is 14.9. The Morgan fingerprint density at radius 3 is 1.81 bits per heavy atom. The molecule has 2 aromatic rings. The summed E-state index contributed by atoms with van der Waals surface area (Å²) in [6, 6.07) is 8.52. The molecule has 1 aromatic carbocycles. The van der Waals surface area contributed by atoms with E-state index in [4.69, 9.17) is 9.97 Å². The first-order valence-electron chi connectivity index (χ1n) is 12.3. The Morgan fingerprint density at radius 1 is 0.839 bits per heavy atom. The molecule has 4 aliphatic rings. The van der Waals surface area contributed by atoms with Crippen LogP contribution in [-0.2, 0) is 0 Å². The second-order valence-corrected chi connectivity index (χ2v) is 17.8. The zero-order chi connectivity index (χ0) is 22.0. The maximum absolute atomic E-state index is 5.35. The highest BCUT2D eigenvalue weighted by molar-refractivity contribution is 7.70. The van der Waals surface area contributed by atoms with E-state index in [1.54, 1.807) is 0 Å². The molecule has 6 rings (SSSR count). The molecule has 0 amide bonds. The highest BCUT2D eigenvalue weighted by Gasteiger charge is 2.50. The lowest BCUT2D eigenvalue weighted by atomic mass is 9.50. The fourth-order valence-electron chi connectivity index (χ4n) is 7.68. The lowest BCUT2D eigenvalue weighted by Crippen LogP contribution is -2.47. The van der Waals surface area contributed by atoms with Gasteiger partial charge in [0.25, 0.3) is 0 Å². The van der Waals surface area contributed by atoms with Crippen LogP contribution in [0.2, 0.25) is 0 Å². The highest BCUT2D eigenvalue weighted by Crippen LogP contribution is 2.62. The van der Waals surface area contributed by atoms with Crippen molar-refractivity contribution in [2.45, 2.75) is 90.4 Å². The van der Waals surface area contributed by atoms with Gasteiger partial charge in [0.15, 0.2) is 0 Å². The topological polar surface area (TPSA) is 25.8 Å². The van der Waals surface area contributed by atoms with Gasteiger partial charge in [-0.15, -0.1) is 0 Å². The van der Waals surface area contributed by atoms with E-state index in [1.807, 2.05) is 0 Å². The van der Waals surface area contributed by atoms with Crippen molar-refractivity contribution in [3.8, 4) is 0 Å². The average molecular weight is 455 g/mol. The molecule has 0 spiro atoms. The molecule has 2 nitrogen and oxygen atoms in total. The van der Waals surface area contributed by atoms with Crippen molar-refractivity contribution >= 4 is 38.4 Å². The summed E-state index contributed by atoms with van der Waals surface area (Å²) >= 11 is 0. The predicted molar refractivity (Wildman–Crippen MR) is 139 cm³/mol. The monoisotopic (exact) mass is 454 g/mol. The third kappa shape index (κ3) is 4.34. The van der Waals surface area contributed by atoms with Crippen molar-refractivity contribution in [3.05, 3.63) is 24.3 Å². The SMILES string of the molecule is CC(C)(C)P(c1nc2ccccc2nc1PCC12CC3CC(CC(C3)C1)C2)C(C)(C)C. The van der Waals surface area contributed by atoms with Crippen LogP contribution in [0.3, 0.4) is 0 Å². The van der Waals surface area contributed by atoms with E-state index in [2.05, 4.69) is 65.8 Å². The molecule has 4 heteroatoms. The standard InChI is InChI=1S/C27H40N2P2/c1-25(2,3)31(26(4,5)6)24-23(28-21-9-7-8-10-22(21)29-24)30-17-27-14-18-11-19(15-27)13-20(12-18)16-27/h7-10,18-20,30H,11-17H2,1-6H3. The van der Waals surface area contributed by atoms with Gasteiger partial charge in [0.2, 0.25) is 0 Å². The van der Waals surface area contributed by atoms with Crippen LogP contribution in [0, 0.1) is 23.2 Å². The van der Waals surface area contributed by atoms with Gasteiger partial charge in [0.1, 0.15) is 0 Å². The van der Waals surface area contributed by atoms with Crippen molar-refractivity contribution in [1.82, 2.24) is 9.97 Å². The Morgan fingerprint density at radius 2 is 1.32 bits per heavy atom. The number of nitrogens with zero attached hydrogens (tertiary/aromatic N) is 2. The average Bonchev–Trinajstić information content (AvgIpc) is 2.63. The third-order valence-corrected chi connectivity index (χ3v) is 13.1. The smallest absolute Gasteiger partial charge is 0.0904 e. The number of rotatable bonds is 4. The summed E-state index contributed by atoms with van der Waals surface area (Å²) in [4.78, 5) is 10.7. The molecule has 4 fully saturated rings. The molecule has 4 saturated carbocycles. The summed E-state index contributed by atoms with van der Waals surface area (Å²) in [7, 11) is 0.359. The van der Waals surface area contributed by atoms with Crippen LogP contribution in [0.25, 0.3) is 11.0 Å². The van der Waals surface area contributed by atoms with Crippen LogP contribution in [-0.4, -0.2) is 26.4 Å². The molecule has 1 heterocycles. The van der Waals surface area contributed by atoms with Gasteiger partial charge in [-0.05, 0) is 98.2 Å². The Hall–Kier alpha value is -0.580. The Balaban J connectivity index is 1.52. The lowest BCUT2D eigenvalue weighted by Gasteiger charge is -2.57. The molecule has 0 N–H and O–H groups in total. The minimum Gasteiger partial charge on any atom is -0.244 e. The van der Waals surface area contributed by atoms with E-state index in [0.717, 1.165) is 37.4 Å². The third-order valence-electron chi connectivity index (χ3n) is 7.90. The van der Waals surface area contributed by atoms with E-state index in [-0.39, 0.29) is 10.3 Å². The first kappa shape index (κ1) is 22.2. The molecule has 0 radical (unpaired) electrons. The second kappa shape index (κ2) is 7.74. The van der Waals surface area contributed by atoms with Gasteiger partial charge in [-0.25, -0.2) is 9.97 Å².